The van der Waals surface area contributed by atoms with Crippen LogP contribution in [0.25, 0.3) is 11.3 Å². The van der Waals surface area contributed by atoms with Crippen LogP contribution >= 0.6 is 11.6 Å². The van der Waals surface area contributed by atoms with Crippen LogP contribution in [-0.2, 0) is 13.2 Å². The van der Waals surface area contributed by atoms with E-state index in [-0.39, 0.29) is 44.9 Å². The van der Waals surface area contributed by atoms with Gasteiger partial charge in [0, 0.05) is 46.6 Å². The fraction of sp³-hybridized carbons (Fsp3) is 0.111. The largest absolute Gasteiger partial charge is 0.416 e. The number of hydrogen-bond acceptors (Lipinski definition) is 4. The molecule has 40 heavy (non-hydrogen) atoms. The number of benzene rings is 2. The molecule has 7 nitrogen and oxygen atoms in total. The first-order chi connectivity index (χ1) is 18.8. The molecule has 13 heteroatoms. The third kappa shape index (κ3) is 5.05. The average Bonchev–Trinajstić information content (AvgIpc) is 3.22. The van der Waals surface area contributed by atoms with Crippen molar-refractivity contribution in [3.8, 4) is 11.3 Å². The zero-order valence-corrected chi connectivity index (χ0v) is 21.0. The van der Waals surface area contributed by atoms with E-state index in [1.165, 1.54) is 42.1 Å². The van der Waals surface area contributed by atoms with E-state index in [2.05, 4.69) is 15.6 Å². The Morgan fingerprint density at radius 2 is 1.77 bits per heavy atom. The summed E-state index contributed by atoms with van der Waals surface area (Å²) < 4.78 is 69.2. The number of aromatic nitrogens is 2. The first kappa shape index (κ1) is 27.0. The molecule has 0 saturated carbocycles. The minimum Gasteiger partial charge on any atom is -0.340 e. The van der Waals surface area contributed by atoms with Crippen LogP contribution in [0.4, 0.5) is 27.6 Å². The molecule has 0 unspecified atom stereocenters. The number of carbonyl (C=O) groups is 2. The van der Waals surface area contributed by atoms with Gasteiger partial charge in [0.25, 0.3) is 11.8 Å². The number of aryl methyl sites for hydroxylation is 1. The summed E-state index contributed by atoms with van der Waals surface area (Å²) in [7, 11) is 1.48. The molecule has 0 aliphatic carbocycles. The van der Waals surface area contributed by atoms with E-state index >= 15 is 0 Å². The highest BCUT2D eigenvalue weighted by Gasteiger charge is 2.37. The SMILES string of the molecule is Cn1cc(-c2cc(NC(=O)c3cc(F)cc(C(F)(F)F)c3)c3c(n2)C(=O)N[C@@H]3c2cc(F)ccc2Cl)ccc1=O. The Morgan fingerprint density at radius 1 is 1.02 bits per heavy atom. The minimum absolute atomic E-state index is 0.0619. The molecular formula is C27H16ClF5N4O3. The first-order valence-corrected chi connectivity index (χ1v) is 11.9. The van der Waals surface area contributed by atoms with Crippen molar-refractivity contribution in [3.63, 3.8) is 0 Å². The third-order valence-corrected chi connectivity index (χ3v) is 6.57. The van der Waals surface area contributed by atoms with Gasteiger partial charge in [0.05, 0.1) is 23.0 Å². The van der Waals surface area contributed by atoms with Crippen LogP contribution < -0.4 is 16.2 Å². The summed E-state index contributed by atoms with van der Waals surface area (Å²) in [6, 6.07) is 7.74. The molecule has 2 N–H and O–H groups in total. The van der Waals surface area contributed by atoms with E-state index in [4.69, 9.17) is 11.6 Å². The van der Waals surface area contributed by atoms with E-state index < -0.39 is 46.8 Å². The van der Waals surface area contributed by atoms with Crippen molar-refractivity contribution < 1.29 is 31.5 Å². The molecule has 0 saturated heterocycles. The molecule has 0 bridgehead atoms. The Balaban J connectivity index is 1.68. The molecule has 204 valence electrons. The molecule has 0 radical (unpaired) electrons. The molecule has 2 amide bonds. The van der Waals surface area contributed by atoms with Gasteiger partial charge in [-0.25, -0.2) is 13.8 Å². The highest BCUT2D eigenvalue weighted by atomic mass is 35.5. The molecule has 1 aliphatic heterocycles. The van der Waals surface area contributed by atoms with Crippen molar-refractivity contribution in [2.45, 2.75) is 12.2 Å². The first-order valence-electron chi connectivity index (χ1n) is 11.5. The Morgan fingerprint density at radius 3 is 2.48 bits per heavy atom. The van der Waals surface area contributed by atoms with E-state index in [9.17, 15) is 36.3 Å². The van der Waals surface area contributed by atoms with E-state index in [0.717, 1.165) is 12.1 Å². The average molecular weight is 575 g/mol. The molecule has 3 heterocycles. The number of rotatable bonds is 4. The topological polar surface area (TPSA) is 93.1 Å². The van der Waals surface area contributed by atoms with Gasteiger partial charge in [-0.3, -0.25) is 14.4 Å². The zero-order valence-electron chi connectivity index (χ0n) is 20.2. The number of hydrogen-bond donors (Lipinski definition) is 2. The Kier molecular flexibility index (Phi) is 6.66. The van der Waals surface area contributed by atoms with Crippen LogP contribution in [0.2, 0.25) is 5.02 Å². The lowest BCUT2D eigenvalue weighted by atomic mass is 9.97. The number of pyridine rings is 2. The summed E-state index contributed by atoms with van der Waals surface area (Å²) in [5, 5.41) is 5.15. The number of carbonyl (C=O) groups excluding carboxylic acids is 2. The standard InChI is InChI=1S/C27H16ClF5N4O3/c1-37-11-12(2-5-21(37)38)19-10-20(35-25(39)13-6-14(27(31,32)33)8-16(30)7-13)22-23(36-26(40)24(22)34-19)17-9-15(29)3-4-18(17)28/h2-11,23H,1H3,(H,36,40)(H,34,35,39)/t23-/m1/s1. The van der Waals surface area contributed by atoms with Crippen molar-refractivity contribution >= 4 is 29.1 Å². The maximum absolute atomic E-state index is 14.1. The number of nitrogens with one attached hydrogen (secondary N) is 2. The predicted octanol–water partition coefficient (Wildman–Crippen LogP) is 5.48. The lowest BCUT2D eigenvalue weighted by Gasteiger charge is -2.19. The highest BCUT2D eigenvalue weighted by Crippen LogP contribution is 2.40. The molecule has 2 aromatic heterocycles. The fourth-order valence-electron chi connectivity index (χ4n) is 4.34. The third-order valence-electron chi connectivity index (χ3n) is 6.22. The maximum atomic E-state index is 14.1. The number of alkyl halides is 3. The van der Waals surface area contributed by atoms with E-state index in [1.807, 2.05) is 0 Å². The number of fused-ring (bicyclic) bond motifs is 1. The second-order valence-electron chi connectivity index (χ2n) is 8.94. The Labute approximate surface area is 227 Å². The lowest BCUT2D eigenvalue weighted by Crippen LogP contribution is -2.21. The fourth-order valence-corrected chi connectivity index (χ4v) is 4.56. The zero-order chi connectivity index (χ0) is 28.9. The van der Waals surface area contributed by atoms with Crippen LogP contribution in [0.5, 0.6) is 0 Å². The number of amides is 2. The number of halogens is 6. The molecule has 0 spiro atoms. The smallest absolute Gasteiger partial charge is 0.340 e. The Bertz CT molecular complexity index is 1770. The minimum atomic E-state index is -4.92. The van der Waals surface area contributed by atoms with Crippen LogP contribution in [0.3, 0.4) is 0 Å². The van der Waals surface area contributed by atoms with Gasteiger partial charge in [0.15, 0.2) is 0 Å². The molecule has 5 rings (SSSR count). The molecule has 0 fully saturated rings. The monoisotopic (exact) mass is 574 g/mol. The summed E-state index contributed by atoms with van der Waals surface area (Å²) in [6.07, 6.45) is -3.49. The summed E-state index contributed by atoms with van der Waals surface area (Å²) in [5.74, 6) is -3.77. The predicted molar refractivity (Wildman–Crippen MR) is 135 cm³/mol. The molecule has 1 aliphatic rings. The van der Waals surface area contributed by atoms with Gasteiger partial charge in [-0.05, 0) is 48.5 Å². The van der Waals surface area contributed by atoms with E-state index in [0.29, 0.717) is 17.7 Å². The lowest BCUT2D eigenvalue weighted by molar-refractivity contribution is -0.137. The molecule has 2 aromatic carbocycles. The summed E-state index contributed by atoms with van der Waals surface area (Å²) >= 11 is 6.28. The van der Waals surface area contributed by atoms with Gasteiger partial charge >= 0.3 is 6.18 Å². The number of nitrogens with zero attached hydrogens (tertiary/aromatic N) is 2. The maximum Gasteiger partial charge on any atom is 0.416 e. The van der Waals surface area contributed by atoms with Gasteiger partial charge < -0.3 is 15.2 Å². The summed E-state index contributed by atoms with van der Waals surface area (Å²) in [5.41, 5.74) is -1.92. The van der Waals surface area contributed by atoms with Crippen molar-refractivity contribution in [1.82, 2.24) is 14.9 Å². The van der Waals surface area contributed by atoms with Crippen LogP contribution in [0.1, 0.15) is 43.6 Å². The Hall–Kier alpha value is -4.58. The van der Waals surface area contributed by atoms with Crippen molar-refractivity contribution in [3.05, 3.63) is 116 Å². The van der Waals surface area contributed by atoms with Gasteiger partial charge in [-0.2, -0.15) is 13.2 Å². The molecule has 4 aromatic rings. The van der Waals surface area contributed by atoms with Gasteiger partial charge in [0.1, 0.15) is 17.3 Å². The van der Waals surface area contributed by atoms with Crippen molar-refractivity contribution in [2.75, 3.05) is 5.32 Å². The van der Waals surface area contributed by atoms with Gasteiger partial charge in [-0.1, -0.05) is 11.6 Å². The van der Waals surface area contributed by atoms with Gasteiger partial charge in [0.2, 0.25) is 5.56 Å². The summed E-state index contributed by atoms with van der Waals surface area (Å²) in [6.45, 7) is 0. The summed E-state index contributed by atoms with van der Waals surface area (Å²) in [4.78, 5) is 42.4. The number of anilines is 1. The van der Waals surface area contributed by atoms with Crippen LogP contribution in [0.15, 0.2) is 65.6 Å². The quantitative estimate of drug-likeness (QED) is 0.316. The van der Waals surface area contributed by atoms with Gasteiger partial charge in [-0.15, -0.1) is 0 Å². The molecular weight excluding hydrogens is 559 g/mol. The second-order valence-corrected chi connectivity index (χ2v) is 9.34. The van der Waals surface area contributed by atoms with Crippen LogP contribution in [0, 0.1) is 11.6 Å². The highest BCUT2D eigenvalue weighted by molar-refractivity contribution is 6.31. The van der Waals surface area contributed by atoms with E-state index in [1.54, 1.807) is 0 Å². The van der Waals surface area contributed by atoms with Crippen molar-refractivity contribution in [2.24, 2.45) is 7.05 Å². The normalized spacial score (nSPS) is 14.6. The van der Waals surface area contributed by atoms with Crippen molar-refractivity contribution in [1.29, 1.82) is 0 Å². The second kappa shape index (κ2) is 9.87. The van der Waals surface area contributed by atoms with Crippen LogP contribution in [-0.4, -0.2) is 21.4 Å². The molecule has 1 atom stereocenters.